The molecule has 1 fully saturated rings. The Morgan fingerprint density at radius 2 is 1.67 bits per heavy atom. The third-order valence-corrected chi connectivity index (χ3v) is 6.08. The molecular weight excluding hydrogens is 331 g/mol. The zero-order valence-corrected chi connectivity index (χ0v) is 13.3. The Balaban J connectivity index is 1.69. The van der Waals surface area contributed by atoms with Gasteiger partial charge in [0.1, 0.15) is 11.1 Å². The van der Waals surface area contributed by atoms with Gasteiger partial charge in [0.25, 0.3) is 5.91 Å². The van der Waals surface area contributed by atoms with Gasteiger partial charge in [-0.05, 0) is 48.5 Å². The number of hydrogen-bond acceptors (Lipinski definition) is 4. The molecule has 5 nitrogen and oxygen atoms in total. The minimum absolute atomic E-state index is 0.0550. The second kappa shape index (κ2) is 6.06. The van der Waals surface area contributed by atoms with Gasteiger partial charge < -0.3 is 4.90 Å². The van der Waals surface area contributed by atoms with E-state index in [-0.39, 0.29) is 23.9 Å². The molecule has 122 valence electrons. The maximum Gasteiger partial charge on any atom is 0.253 e. The van der Waals surface area contributed by atoms with Gasteiger partial charge in [0.05, 0.1) is 16.5 Å². The molecule has 1 amide bonds. The standard InChI is InChI=1S/C17H13FN2O3S/c18-14-5-7-15(8-6-14)24(22,23)16-10-20(11-16)17(21)13-3-1-12(9-19)2-4-13/h1-8,16H,10-11H2. The molecule has 1 aliphatic heterocycles. The molecule has 1 aliphatic rings. The van der Waals surface area contributed by atoms with Crippen LogP contribution in [0.2, 0.25) is 0 Å². The number of nitriles is 1. The van der Waals surface area contributed by atoms with E-state index in [0.29, 0.717) is 11.1 Å². The second-order valence-corrected chi connectivity index (χ2v) is 7.75. The molecule has 24 heavy (non-hydrogen) atoms. The summed E-state index contributed by atoms with van der Waals surface area (Å²) in [4.78, 5) is 13.8. The molecule has 0 aliphatic carbocycles. The average molecular weight is 344 g/mol. The van der Waals surface area contributed by atoms with E-state index in [1.807, 2.05) is 6.07 Å². The van der Waals surface area contributed by atoms with E-state index < -0.39 is 20.9 Å². The zero-order chi connectivity index (χ0) is 17.3. The SMILES string of the molecule is N#Cc1ccc(C(=O)N2CC(S(=O)(=O)c3ccc(F)cc3)C2)cc1. The van der Waals surface area contributed by atoms with Gasteiger partial charge in [-0.25, -0.2) is 12.8 Å². The van der Waals surface area contributed by atoms with Crippen molar-refractivity contribution in [3.8, 4) is 6.07 Å². The summed E-state index contributed by atoms with van der Waals surface area (Å²) in [6, 6.07) is 12.8. The van der Waals surface area contributed by atoms with Crippen LogP contribution >= 0.6 is 0 Å². The number of nitrogens with zero attached hydrogens (tertiary/aromatic N) is 2. The highest BCUT2D eigenvalue weighted by Crippen LogP contribution is 2.25. The van der Waals surface area contributed by atoms with Crippen molar-refractivity contribution in [2.45, 2.75) is 10.1 Å². The Morgan fingerprint density at radius 3 is 2.21 bits per heavy atom. The van der Waals surface area contributed by atoms with E-state index >= 15 is 0 Å². The third kappa shape index (κ3) is 2.88. The molecule has 0 N–H and O–H groups in total. The van der Waals surface area contributed by atoms with E-state index in [0.717, 1.165) is 12.1 Å². The topological polar surface area (TPSA) is 78.2 Å². The van der Waals surface area contributed by atoms with Gasteiger partial charge >= 0.3 is 0 Å². The Morgan fingerprint density at radius 1 is 1.08 bits per heavy atom. The summed E-state index contributed by atoms with van der Waals surface area (Å²) in [6.07, 6.45) is 0. The van der Waals surface area contributed by atoms with Crippen LogP contribution in [0.5, 0.6) is 0 Å². The molecule has 0 atom stereocenters. The third-order valence-electron chi connectivity index (χ3n) is 3.98. The smallest absolute Gasteiger partial charge is 0.253 e. The lowest BCUT2D eigenvalue weighted by molar-refractivity contribution is 0.0659. The number of halogens is 1. The molecule has 1 saturated heterocycles. The molecule has 2 aromatic rings. The molecule has 0 aromatic heterocycles. The molecule has 0 unspecified atom stereocenters. The van der Waals surface area contributed by atoms with Crippen molar-refractivity contribution in [2.24, 2.45) is 0 Å². The molecule has 7 heteroatoms. The molecule has 0 spiro atoms. The summed E-state index contributed by atoms with van der Waals surface area (Å²) in [6.45, 7) is 0.192. The first-order valence-corrected chi connectivity index (χ1v) is 8.75. The van der Waals surface area contributed by atoms with Crippen molar-refractivity contribution in [1.82, 2.24) is 4.90 Å². The van der Waals surface area contributed by atoms with Crippen LogP contribution in [-0.2, 0) is 9.84 Å². The van der Waals surface area contributed by atoms with E-state index in [9.17, 15) is 17.6 Å². The van der Waals surface area contributed by atoms with Crippen LogP contribution in [-0.4, -0.2) is 37.6 Å². The summed E-state index contributed by atoms with van der Waals surface area (Å²) in [7, 11) is -3.58. The van der Waals surface area contributed by atoms with Crippen LogP contribution in [0.25, 0.3) is 0 Å². The summed E-state index contributed by atoms with van der Waals surface area (Å²) < 4.78 is 37.7. The molecule has 0 saturated carbocycles. The fourth-order valence-electron chi connectivity index (χ4n) is 2.49. The summed E-state index contributed by atoms with van der Waals surface area (Å²) >= 11 is 0. The quantitative estimate of drug-likeness (QED) is 0.798. The number of benzene rings is 2. The van der Waals surface area contributed by atoms with Crippen LogP contribution in [0, 0.1) is 17.1 Å². The van der Waals surface area contributed by atoms with Gasteiger partial charge in [-0.2, -0.15) is 5.26 Å². The summed E-state index contributed by atoms with van der Waals surface area (Å²) in [5.41, 5.74) is 0.860. The highest BCUT2D eigenvalue weighted by molar-refractivity contribution is 7.92. The van der Waals surface area contributed by atoms with Gasteiger partial charge in [-0.1, -0.05) is 0 Å². The molecule has 1 heterocycles. The van der Waals surface area contributed by atoms with Crippen molar-refractivity contribution in [2.75, 3.05) is 13.1 Å². The van der Waals surface area contributed by atoms with Crippen LogP contribution in [0.1, 0.15) is 15.9 Å². The lowest BCUT2D eigenvalue weighted by atomic mass is 10.1. The molecule has 3 rings (SSSR count). The Labute approximate surface area is 138 Å². The fraction of sp³-hybridized carbons (Fsp3) is 0.176. The molecule has 0 radical (unpaired) electrons. The van der Waals surface area contributed by atoms with E-state index in [4.69, 9.17) is 5.26 Å². The number of hydrogen-bond donors (Lipinski definition) is 0. The monoisotopic (exact) mass is 344 g/mol. The highest BCUT2D eigenvalue weighted by atomic mass is 32.2. The first kappa shape index (κ1) is 16.1. The fourth-order valence-corrected chi connectivity index (χ4v) is 4.14. The van der Waals surface area contributed by atoms with Crippen LogP contribution < -0.4 is 0 Å². The largest absolute Gasteiger partial charge is 0.336 e. The number of likely N-dealkylation sites (tertiary alicyclic amines) is 1. The molecular formula is C17H13FN2O3S. The Kier molecular flexibility index (Phi) is 4.08. The van der Waals surface area contributed by atoms with Crippen molar-refractivity contribution in [3.63, 3.8) is 0 Å². The predicted octanol–water partition coefficient (Wildman–Crippen LogP) is 2.00. The van der Waals surface area contributed by atoms with Gasteiger partial charge in [0.2, 0.25) is 0 Å². The second-order valence-electron chi connectivity index (χ2n) is 5.52. The van der Waals surface area contributed by atoms with Crippen molar-refractivity contribution >= 4 is 15.7 Å². The minimum Gasteiger partial charge on any atom is -0.336 e. The summed E-state index contributed by atoms with van der Waals surface area (Å²) in [5, 5.41) is 8.06. The van der Waals surface area contributed by atoms with Gasteiger partial charge in [0.15, 0.2) is 9.84 Å². The maximum absolute atomic E-state index is 12.9. The van der Waals surface area contributed by atoms with Crippen LogP contribution in [0.4, 0.5) is 4.39 Å². The lowest BCUT2D eigenvalue weighted by Gasteiger charge is -2.38. The molecule has 0 bridgehead atoms. The lowest BCUT2D eigenvalue weighted by Crippen LogP contribution is -2.56. The normalized spacial score (nSPS) is 14.8. The Bertz CT molecular complexity index is 910. The zero-order valence-electron chi connectivity index (χ0n) is 12.5. The number of amides is 1. The Hall–Kier alpha value is -2.72. The maximum atomic E-state index is 12.9. The van der Waals surface area contributed by atoms with E-state index in [1.165, 1.54) is 17.0 Å². The van der Waals surface area contributed by atoms with Crippen molar-refractivity contribution < 1.29 is 17.6 Å². The number of carbonyl (C=O) groups excluding carboxylic acids is 1. The van der Waals surface area contributed by atoms with E-state index in [1.54, 1.807) is 24.3 Å². The van der Waals surface area contributed by atoms with Gasteiger partial charge in [-0.15, -0.1) is 0 Å². The van der Waals surface area contributed by atoms with Crippen LogP contribution in [0.3, 0.4) is 0 Å². The first-order valence-electron chi connectivity index (χ1n) is 7.21. The number of sulfone groups is 1. The van der Waals surface area contributed by atoms with Crippen molar-refractivity contribution in [1.29, 1.82) is 5.26 Å². The number of rotatable bonds is 3. The average Bonchev–Trinajstić information content (AvgIpc) is 2.53. The van der Waals surface area contributed by atoms with Crippen LogP contribution in [0.15, 0.2) is 53.4 Å². The predicted molar refractivity (Wildman–Crippen MR) is 84.4 cm³/mol. The number of carbonyl (C=O) groups is 1. The highest BCUT2D eigenvalue weighted by Gasteiger charge is 2.40. The van der Waals surface area contributed by atoms with Gasteiger partial charge in [-0.3, -0.25) is 4.79 Å². The first-order chi connectivity index (χ1) is 11.4. The van der Waals surface area contributed by atoms with Crippen molar-refractivity contribution in [3.05, 3.63) is 65.5 Å². The summed E-state index contributed by atoms with van der Waals surface area (Å²) in [5.74, 6) is -0.773. The van der Waals surface area contributed by atoms with Gasteiger partial charge in [0, 0.05) is 18.7 Å². The minimum atomic E-state index is -3.58. The van der Waals surface area contributed by atoms with E-state index in [2.05, 4.69) is 0 Å². The molecule has 2 aromatic carbocycles.